The molecule has 1 fully saturated rings. The molecule has 5 rings (SSSR count). The van der Waals surface area contributed by atoms with Crippen molar-refractivity contribution >= 4 is 16.7 Å². The van der Waals surface area contributed by atoms with Crippen molar-refractivity contribution in [2.75, 3.05) is 11.9 Å². The van der Waals surface area contributed by atoms with E-state index in [-0.39, 0.29) is 18.8 Å². The predicted molar refractivity (Wildman–Crippen MR) is 125 cm³/mol. The number of hydrogen-bond acceptors (Lipinski definition) is 7. The Bertz CT molecular complexity index is 1250. The van der Waals surface area contributed by atoms with Crippen LogP contribution in [0.1, 0.15) is 44.3 Å². The third-order valence-corrected chi connectivity index (χ3v) is 6.25. The Morgan fingerprint density at radius 2 is 1.94 bits per heavy atom. The van der Waals surface area contributed by atoms with Crippen molar-refractivity contribution in [1.82, 2.24) is 34.3 Å². The van der Waals surface area contributed by atoms with Crippen molar-refractivity contribution in [2.24, 2.45) is 14.1 Å². The lowest BCUT2D eigenvalue weighted by Gasteiger charge is -2.29. The summed E-state index contributed by atoms with van der Waals surface area (Å²) in [6.07, 6.45) is 9.68. The van der Waals surface area contributed by atoms with Gasteiger partial charge in [-0.05, 0) is 32.6 Å². The SMILES string of the molecule is CCNc1cc2c(cn1)c(-c1cnn(C)c1)nn2[C@H]1CC[C@@H](Oc2cc(CO)nn2C)CC1. The molecule has 4 aromatic heterocycles. The van der Waals surface area contributed by atoms with E-state index < -0.39 is 0 Å². The molecule has 1 aliphatic rings. The first kappa shape index (κ1) is 21.4. The largest absolute Gasteiger partial charge is 0.475 e. The van der Waals surface area contributed by atoms with Crippen molar-refractivity contribution in [3.8, 4) is 17.1 Å². The molecular weight excluding hydrogens is 420 g/mol. The number of hydrogen-bond donors (Lipinski definition) is 2. The maximum absolute atomic E-state index is 9.31. The number of rotatable bonds is 7. The van der Waals surface area contributed by atoms with Gasteiger partial charge in [-0.3, -0.25) is 9.36 Å². The van der Waals surface area contributed by atoms with E-state index in [0.29, 0.717) is 11.6 Å². The van der Waals surface area contributed by atoms with Crippen LogP contribution < -0.4 is 10.1 Å². The van der Waals surface area contributed by atoms with E-state index in [1.54, 1.807) is 9.36 Å². The second-order valence-corrected chi connectivity index (χ2v) is 8.62. The van der Waals surface area contributed by atoms with Crippen molar-refractivity contribution in [3.05, 3.63) is 36.4 Å². The zero-order chi connectivity index (χ0) is 22.9. The molecule has 1 aliphatic carbocycles. The predicted octanol–water partition coefficient (Wildman–Crippen LogP) is 3.05. The standard InChI is InChI=1S/C23H30N8O2/c1-4-24-21-10-20-19(12-25-21)23(15-11-26-29(2)13-15)28-31(20)17-5-7-18(8-6-17)33-22-9-16(14-32)27-30(22)3/h9-13,17-18,32H,4-8,14H2,1-3H3,(H,24,25)/t17-,18+. The molecule has 4 aromatic rings. The van der Waals surface area contributed by atoms with Crippen LogP contribution in [0, 0.1) is 0 Å². The summed E-state index contributed by atoms with van der Waals surface area (Å²) < 4.78 is 11.9. The third kappa shape index (κ3) is 4.18. The van der Waals surface area contributed by atoms with Gasteiger partial charge >= 0.3 is 0 Å². The molecule has 33 heavy (non-hydrogen) atoms. The second kappa shape index (κ2) is 8.86. The maximum atomic E-state index is 9.31. The molecule has 0 atom stereocenters. The summed E-state index contributed by atoms with van der Waals surface area (Å²) in [6, 6.07) is 4.19. The van der Waals surface area contributed by atoms with Gasteiger partial charge in [0.2, 0.25) is 5.88 Å². The number of ether oxygens (including phenoxy) is 1. The highest BCUT2D eigenvalue weighted by Crippen LogP contribution is 2.36. The Hall–Kier alpha value is -3.40. The summed E-state index contributed by atoms with van der Waals surface area (Å²) in [4.78, 5) is 4.59. The minimum absolute atomic E-state index is 0.0840. The van der Waals surface area contributed by atoms with E-state index in [1.807, 2.05) is 38.8 Å². The maximum Gasteiger partial charge on any atom is 0.212 e. The number of pyridine rings is 1. The van der Waals surface area contributed by atoms with E-state index >= 15 is 0 Å². The Morgan fingerprint density at radius 1 is 1.12 bits per heavy atom. The molecule has 0 aromatic carbocycles. The molecule has 4 heterocycles. The fraction of sp³-hybridized carbons (Fsp3) is 0.478. The Balaban J connectivity index is 1.40. The highest BCUT2D eigenvalue weighted by molar-refractivity contribution is 5.93. The van der Waals surface area contributed by atoms with Crippen LogP contribution in [0.4, 0.5) is 5.82 Å². The van der Waals surface area contributed by atoms with Crippen molar-refractivity contribution in [2.45, 2.75) is 51.4 Å². The third-order valence-electron chi connectivity index (χ3n) is 6.25. The Kier molecular flexibility index (Phi) is 5.76. The number of aliphatic hydroxyl groups excluding tert-OH is 1. The van der Waals surface area contributed by atoms with Gasteiger partial charge in [-0.25, -0.2) is 9.67 Å². The average Bonchev–Trinajstić information content (AvgIpc) is 3.51. The number of aryl methyl sites for hydroxylation is 2. The summed E-state index contributed by atoms with van der Waals surface area (Å²) in [6.45, 7) is 2.80. The number of nitrogens with zero attached hydrogens (tertiary/aromatic N) is 7. The number of fused-ring (bicyclic) bond motifs is 1. The molecule has 0 spiro atoms. The highest BCUT2D eigenvalue weighted by Gasteiger charge is 2.27. The minimum atomic E-state index is -0.0840. The van der Waals surface area contributed by atoms with Crippen LogP contribution in [-0.4, -0.2) is 52.1 Å². The molecule has 0 aliphatic heterocycles. The van der Waals surface area contributed by atoms with Crippen LogP contribution in [0.25, 0.3) is 22.2 Å². The van der Waals surface area contributed by atoms with Gasteiger partial charge in [0.1, 0.15) is 17.6 Å². The zero-order valence-corrected chi connectivity index (χ0v) is 19.3. The average molecular weight is 451 g/mol. The summed E-state index contributed by atoms with van der Waals surface area (Å²) >= 11 is 0. The van der Waals surface area contributed by atoms with E-state index in [0.717, 1.165) is 60.2 Å². The van der Waals surface area contributed by atoms with Crippen LogP contribution in [0.15, 0.2) is 30.7 Å². The van der Waals surface area contributed by atoms with Gasteiger partial charge in [0, 0.05) is 56.1 Å². The van der Waals surface area contributed by atoms with E-state index in [4.69, 9.17) is 9.84 Å². The molecular formula is C23H30N8O2. The number of aromatic nitrogens is 7. The summed E-state index contributed by atoms with van der Waals surface area (Å²) in [5.74, 6) is 1.56. The first-order valence-electron chi connectivity index (χ1n) is 11.5. The first-order valence-corrected chi connectivity index (χ1v) is 11.5. The molecule has 10 heteroatoms. The first-order chi connectivity index (χ1) is 16.1. The molecule has 0 bridgehead atoms. The second-order valence-electron chi connectivity index (χ2n) is 8.62. The molecule has 10 nitrogen and oxygen atoms in total. The van der Waals surface area contributed by atoms with E-state index in [9.17, 15) is 5.11 Å². The summed E-state index contributed by atoms with van der Waals surface area (Å²) in [7, 11) is 3.75. The number of nitrogens with one attached hydrogen (secondary N) is 1. The van der Waals surface area contributed by atoms with E-state index in [2.05, 4.69) is 38.2 Å². The lowest BCUT2D eigenvalue weighted by atomic mass is 9.93. The van der Waals surface area contributed by atoms with Crippen LogP contribution >= 0.6 is 0 Å². The van der Waals surface area contributed by atoms with Gasteiger partial charge in [0.05, 0.1) is 30.1 Å². The van der Waals surface area contributed by atoms with Gasteiger partial charge in [-0.15, -0.1) is 0 Å². The van der Waals surface area contributed by atoms with Gasteiger partial charge in [0.15, 0.2) is 0 Å². The normalized spacial score (nSPS) is 18.7. The van der Waals surface area contributed by atoms with E-state index in [1.165, 1.54) is 0 Å². The molecule has 1 saturated carbocycles. The van der Waals surface area contributed by atoms with Gasteiger partial charge in [0.25, 0.3) is 0 Å². The lowest BCUT2D eigenvalue weighted by molar-refractivity contribution is 0.121. The molecule has 0 amide bonds. The minimum Gasteiger partial charge on any atom is -0.475 e. The Labute approximate surface area is 192 Å². The lowest BCUT2D eigenvalue weighted by Crippen LogP contribution is -2.27. The number of anilines is 1. The quantitative estimate of drug-likeness (QED) is 0.445. The van der Waals surface area contributed by atoms with Gasteiger partial charge in [-0.2, -0.15) is 15.3 Å². The molecule has 0 unspecified atom stereocenters. The topological polar surface area (TPSA) is 108 Å². The molecule has 0 radical (unpaired) electrons. The monoisotopic (exact) mass is 450 g/mol. The summed E-state index contributed by atoms with van der Waals surface area (Å²) in [5, 5.41) is 27.3. The molecule has 174 valence electrons. The molecule has 0 saturated heterocycles. The van der Waals surface area contributed by atoms with Crippen LogP contribution in [0.5, 0.6) is 5.88 Å². The fourth-order valence-electron chi connectivity index (χ4n) is 4.62. The summed E-state index contributed by atoms with van der Waals surface area (Å²) in [5.41, 5.74) is 3.62. The van der Waals surface area contributed by atoms with Gasteiger partial charge in [-0.1, -0.05) is 0 Å². The van der Waals surface area contributed by atoms with Crippen molar-refractivity contribution in [1.29, 1.82) is 0 Å². The van der Waals surface area contributed by atoms with Crippen LogP contribution in [0.3, 0.4) is 0 Å². The van der Waals surface area contributed by atoms with Crippen molar-refractivity contribution < 1.29 is 9.84 Å². The van der Waals surface area contributed by atoms with Gasteiger partial charge < -0.3 is 15.2 Å². The van der Waals surface area contributed by atoms with Crippen LogP contribution in [-0.2, 0) is 20.7 Å². The zero-order valence-electron chi connectivity index (χ0n) is 19.3. The molecule has 2 N–H and O–H groups in total. The smallest absolute Gasteiger partial charge is 0.212 e. The van der Waals surface area contributed by atoms with Crippen molar-refractivity contribution in [3.63, 3.8) is 0 Å². The Morgan fingerprint density at radius 3 is 2.61 bits per heavy atom. The number of aliphatic hydroxyl groups is 1. The van der Waals surface area contributed by atoms with Crippen LogP contribution in [0.2, 0.25) is 0 Å². The fourth-order valence-corrected chi connectivity index (χ4v) is 4.62. The highest BCUT2D eigenvalue weighted by atomic mass is 16.5.